The summed E-state index contributed by atoms with van der Waals surface area (Å²) in [4.78, 5) is 33.3. The summed E-state index contributed by atoms with van der Waals surface area (Å²) in [5.41, 5.74) is 2.63. The van der Waals surface area contributed by atoms with Crippen molar-refractivity contribution in [2.45, 2.75) is 37.0 Å². The molecule has 6 heteroatoms. The van der Waals surface area contributed by atoms with E-state index in [1.54, 1.807) is 16.7 Å². The molecule has 0 aliphatic carbocycles. The number of amides is 1. The van der Waals surface area contributed by atoms with Gasteiger partial charge in [0.2, 0.25) is 5.91 Å². The van der Waals surface area contributed by atoms with E-state index >= 15 is 0 Å². The Kier molecular flexibility index (Phi) is 7.60. The van der Waals surface area contributed by atoms with Crippen LogP contribution in [0.4, 0.5) is 0 Å². The van der Waals surface area contributed by atoms with Crippen molar-refractivity contribution in [1.82, 2.24) is 14.5 Å². The van der Waals surface area contributed by atoms with Crippen LogP contribution < -0.4 is 5.56 Å². The van der Waals surface area contributed by atoms with Gasteiger partial charge in [0.15, 0.2) is 5.16 Å². The number of thioether (sulfide) groups is 1. The predicted molar refractivity (Wildman–Crippen MR) is 139 cm³/mol. The third kappa shape index (κ3) is 5.46. The lowest BCUT2D eigenvalue weighted by atomic mass is 10.1. The summed E-state index contributed by atoms with van der Waals surface area (Å²) in [6, 6.07) is 27.2. The fraction of sp³-hybridized carbons (Fsp3) is 0.179. The first-order valence-electron chi connectivity index (χ1n) is 11.2. The monoisotopic (exact) mass is 469 g/mol. The van der Waals surface area contributed by atoms with E-state index < -0.39 is 5.25 Å². The van der Waals surface area contributed by atoms with Crippen molar-refractivity contribution in [2.24, 2.45) is 0 Å². The van der Waals surface area contributed by atoms with Crippen molar-refractivity contribution in [3.63, 3.8) is 0 Å². The third-order valence-electron chi connectivity index (χ3n) is 5.51. The van der Waals surface area contributed by atoms with Gasteiger partial charge in [0.25, 0.3) is 5.56 Å². The summed E-state index contributed by atoms with van der Waals surface area (Å²) < 4.78 is 1.59. The van der Waals surface area contributed by atoms with Crippen LogP contribution in [0.25, 0.3) is 10.9 Å². The molecule has 4 rings (SSSR count). The van der Waals surface area contributed by atoms with Crippen molar-refractivity contribution >= 4 is 28.6 Å². The molecule has 0 aliphatic rings. The molecule has 0 fully saturated rings. The molecule has 0 saturated carbocycles. The zero-order chi connectivity index (χ0) is 23.9. The Balaban J connectivity index is 1.63. The summed E-state index contributed by atoms with van der Waals surface area (Å²) in [5, 5.41) is 0.642. The number of allylic oxidation sites excluding steroid dienone is 1. The number of hydrogen-bond donors (Lipinski definition) is 0. The van der Waals surface area contributed by atoms with Crippen LogP contribution in [0.3, 0.4) is 0 Å². The molecular weight excluding hydrogens is 442 g/mol. The van der Waals surface area contributed by atoms with Crippen LogP contribution in [-0.2, 0) is 24.4 Å². The van der Waals surface area contributed by atoms with Crippen LogP contribution in [0, 0.1) is 0 Å². The van der Waals surface area contributed by atoms with Crippen molar-refractivity contribution < 1.29 is 4.79 Å². The second-order valence-corrected chi connectivity index (χ2v) is 9.35. The SMILES string of the molecule is C=CCn1c(SC(C)C(=O)N(Cc2ccccc2)Cc2ccccc2)nc2ccccc2c1=O. The zero-order valence-corrected chi connectivity index (χ0v) is 19.9. The summed E-state index contributed by atoms with van der Waals surface area (Å²) in [6.07, 6.45) is 1.67. The summed E-state index contributed by atoms with van der Waals surface area (Å²) in [7, 11) is 0. The normalized spacial score (nSPS) is 11.8. The highest BCUT2D eigenvalue weighted by molar-refractivity contribution is 8.00. The van der Waals surface area contributed by atoms with E-state index in [1.165, 1.54) is 11.8 Å². The molecule has 1 heterocycles. The van der Waals surface area contributed by atoms with Gasteiger partial charge in [-0.2, -0.15) is 0 Å². The fourth-order valence-electron chi connectivity index (χ4n) is 3.81. The van der Waals surface area contributed by atoms with Crippen LogP contribution in [0.1, 0.15) is 18.1 Å². The van der Waals surface area contributed by atoms with E-state index in [1.807, 2.05) is 90.7 Å². The van der Waals surface area contributed by atoms with Gasteiger partial charge in [0, 0.05) is 19.6 Å². The molecular formula is C28H27N3O2S. The minimum absolute atomic E-state index is 0.00901. The average Bonchev–Trinajstić information content (AvgIpc) is 2.87. The van der Waals surface area contributed by atoms with Crippen LogP contribution in [-0.4, -0.2) is 25.6 Å². The molecule has 0 aliphatic heterocycles. The predicted octanol–water partition coefficient (Wildman–Crippen LogP) is 5.29. The van der Waals surface area contributed by atoms with Crippen molar-refractivity contribution in [2.75, 3.05) is 0 Å². The molecule has 4 aromatic rings. The number of rotatable bonds is 9. The maximum atomic E-state index is 13.6. The van der Waals surface area contributed by atoms with E-state index in [-0.39, 0.29) is 11.5 Å². The highest BCUT2D eigenvalue weighted by Gasteiger charge is 2.24. The number of carbonyl (C=O) groups is 1. The number of para-hydroxylation sites is 1. The Morgan fingerprint density at radius 2 is 1.53 bits per heavy atom. The highest BCUT2D eigenvalue weighted by Crippen LogP contribution is 2.25. The van der Waals surface area contributed by atoms with Crippen molar-refractivity contribution in [3.8, 4) is 0 Å². The Labute approximate surface area is 203 Å². The van der Waals surface area contributed by atoms with Crippen LogP contribution in [0.5, 0.6) is 0 Å². The third-order valence-corrected chi connectivity index (χ3v) is 6.59. The number of fused-ring (bicyclic) bond motifs is 1. The molecule has 1 atom stereocenters. The van der Waals surface area contributed by atoms with Gasteiger partial charge in [-0.1, -0.05) is 90.6 Å². The van der Waals surface area contributed by atoms with E-state index in [9.17, 15) is 9.59 Å². The first-order valence-corrected chi connectivity index (χ1v) is 12.1. The molecule has 1 aromatic heterocycles. The second kappa shape index (κ2) is 11.0. The summed E-state index contributed by atoms with van der Waals surface area (Å²) in [6.45, 7) is 6.99. The van der Waals surface area contributed by atoms with Gasteiger partial charge in [-0.05, 0) is 30.2 Å². The Bertz CT molecular complexity index is 1290. The molecule has 0 N–H and O–H groups in total. The molecule has 1 amide bonds. The van der Waals surface area contributed by atoms with E-state index in [4.69, 9.17) is 4.98 Å². The van der Waals surface area contributed by atoms with Gasteiger partial charge in [0.05, 0.1) is 16.2 Å². The maximum Gasteiger partial charge on any atom is 0.262 e. The first kappa shape index (κ1) is 23.5. The van der Waals surface area contributed by atoms with Gasteiger partial charge < -0.3 is 4.90 Å². The maximum absolute atomic E-state index is 13.6. The molecule has 0 radical (unpaired) electrons. The zero-order valence-electron chi connectivity index (χ0n) is 19.1. The quantitative estimate of drug-likeness (QED) is 0.190. The topological polar surface area (TPSA) is 55.2 Å². The van der Waals surface area contributed by atoms with Crippen LogP contribution >= 0.6 is 11.8 Å². The number of aromatic nitrogens is 2. The largest absolute Gasteiger partial charge is 0.333 e. The molecule has 5 nitrogen and oxygen atoms in total. The van der Waals surface area contributed by atoms with E-state index in [0.717, 1.165) is 11.1 Å². The molecule has 0 spiro atoms. The molecule has 1 unspecified atom stereocenters. The molecule has 0 saturated heterocycles. The molecule has 34 heavy (non-hydrogen) atoms. The Morgan fingerprint density at radius 1 is 0.971 bits per heavy atom. The first-order chi connectivity index (χ1) is 16.6. The average molecular weight is 470 g/mol. The summed E-state index contributed by atoms with van der Waals surface area (Å²) in [5.74, 6) is -0.00901. The summed E-state index contributed by atoms with van der Waals surface area (Å²) >= 11 is 1.31. The van der Waals surface area contributed by atoms with Gasteiger partial charge in [0.1, 0.15) is 0 Å². The minimum Gasteiger partial charge on any atom is -0.333 e. The molecule has 3 aromatic carbocycles. The van der Waals surface area contributed by atoms with Gasteiger partial charge in [-0.25, -0.2) is 4.98 Å². The lowest BCUT2D eigenvalue weighted by Gasteiger charge is -2.26. The van der Waals surface area contributed by atoms with E-state index in [0.29, 0.717) is 35.7 Å². The van der Waals surface area contributed by atoms with Gasteiger partial charge in [-0.3, -0.25) is 14.2 Å². The smallest absolute Gasteiger partial charge is 0.262 e. The van der Waals surface area contributed by atoms with Crippen LogP contribution in [0.15, 0.2) is 108 Å². The number of benzene rings is 3. The minimum atomic E-state index is -0.434. The van der Waals surface area contributed by atoms with E-state index in [2.05, 4.69) is 6.58 Å². The molecule has 0 bridgehead atoms. The Morgan fingerprint density at radius 3 is 2.12 bits per heavy atom. The lowest BCUT2D eigenvalue weighted by Crippen LogP contribution is -2.36. The standard InChI is InChI=1S/C28H27N3O2S/c1-3-18-31-27(33)24-16-10-11-17-25(24)29-28(31)34-21(2)26(32)30(19-22-12-6-4-7-13-22)20-23-14-8-5-9-15-23/h3-17,21H,1,18-20H2,2H3. The fourth-order valence-corrected chi connectivity index (χ4v) is 4.81. The van der Waals surface area contributed by atoms with Crippen molar-refractivity contribution in [1.29, 1.82) is 0 Å². The number of hydrogen-bond acceptors (Lipinski definition) is 4. The highest BCUT2D eigenvalue weighted by atomic mass is 32.2. The number of nitrogens with zero attached hydrogens (tertiary/aromatic N) is 3. The van der Waals surface area contributed by atoms with Crippen LogP contribution in [0.2, 0.25) is 0 Å². The van der Waals surface area contributed by atoms with Crippen molar-refractivity contribution in [3.05, 3.63) is 119 Å². The van der Waals surface area contributed by atoms with Gasteiger partial charge in [-0.15, -0.1) is 6.58 Å². The second-order valence-electron chi connectivity index (χ2n) is 8.04. The number of carbonyl (C=O) groups excluding carboxylic acids is 1. The Hall–Kier alpha value is -3.64. The van der Waals surface area contributed by atoms with Gasteiger partial charge >= 0.3 is 0 Å². The lowest BCUT2D eigenvalue weighted by molar-refractivity contribution is -0.131. The molecule has 172 valence electrons.